The van der Waals surface area contributed by atoms with E-state index in [2.05, 4.69) is 18.2 Å². The van der Waals surface area contributed by atoms with Gasteiger partial charge in [0.1, 0.15) is 0 Å². The Morgan fingerprint density at radius 2 is 1.93 bits per heavy atom. The molecule has 0 aliphatic heterocycles. The van der Waals surface area contributed by atoms with Crippen LogP contribution in [-0.2, 0) is 9.53 Å². The third-order valence-electron chi connectivity index (χ3n) is 2.43. The molecule has 0 aliphatic rings. The van der Waals surface area contributed by atoms with Crippen molar-refractivity contribution in [1.82, 2.24) is 0 Å². The summed E-state index contributed by atoms with van der Waals surface area (Å²) in [6, 6.07) is 0. The first kappa shape index (κ1) is 14.2. The molecule has 0 aliphatic carbocycles. The van der Waals surface area contributed by atoms with Gasteiger partial charge in [0.05, 0.1) is 18.8 Å². The van der Waals surface area contributed by atoms with Gasteiger partial charge in [0.25, 0.3) is 0 Å². The van der Waals surface area contributed by atoms with Crippen molar-refractivity contribution < 1.29 is 14.6 Å². The fourth-order valence-electron chi connectivity index (χ4n) is 1.38. The Morgan fingerprint density at radius 3 is 2.47 bits per heavy atom. The summed E-state index contributed by atoms with van der Waals surface area (Å²) in [4.78, 5) is 11.0. The summed E-state index contributed by atoms with van der Waals surface area (Å²) in [6.07, 6.45) is 5.49. The molecule has 88 valence electrons. The number of hydrogen-bond acceptors (Lipinski definition) is 3. The van der Waals surface area contributed by atoms with Gasteiger partial charge in [0.15, 0.2) is 0 Å². The molecule has 0 spiro atoms. The predicted molar refractivity (Wildman–Crippen MR) is 60.5 cm³/mol. The lowest BCUT2D eigenvalue weighted by molar-refractivity contribution is -0.137. The molecule has 0 rings (SSSR count). The van der Waals surface area contributed by atoms with E-state index >= 15 is 0 Å². The monoisotopic (exact) mass is 214 g/mol. The van der Waals surface area contributed by atoms with Crippen molar-refractivity contribution in [2.75, 3.05) is 7.11 Å². The van der Waals surface area contributed by atoms with Crippen LogP contribution in [0.3, 0.4) is 0 Å². The van der Waals surface area contributed by atoms with Gasteiger partial charge in [0, 0.05) is 0 Å². The first-order valence-corrected chi connectivity index (χ1v) is 5.58. The van der Waals surface area contributed by atoms with E-state index in [9.17, 15) is 9.90 Å². The Bertz CT molecular complexity index is 199. The first-order chi connectivity index (χ1) is 7.13. The van der Waals surface area contributed by atoms with Crippen LogP contribution < -0.4 is 0 Å². The van der Waals surface area contributed by atoms with Crippen molar-refractivity contribution in [2.45, 2.75) is 51.6 Å². The van der Waals surface area contributed by atoms with Gasteiger partial charge in [-0.2, -0.15) is 0 Å². The Balaban J connectivity index is 3.60. The second-order valence-electron chi connectivity index (χ2n) is 3.74. The van der Waals surface area contributed by atoms with E-state index in [4.69, 9.17) is 0 Å². The van der Waals surface area contributed by atoms with Crippen LogP contribution in [-0.4, -0.2) is 24.3 Å². The largest absolute Gasteiger partial charge is 0.466 e. The molecule has 0 saturated heterocycles. The van der Waals surface area contributed by atoms with E-state index in [-0.39, 0.29) is 5.57 Å². The summed E-state index contributed by atoms with van der Waals surface area (Å²) >= 11 is 0. The van der Waals surface area contributed by atoms with Crippen LogP contribution in [0.5, 0.6) is 0 Å². The maximum absolute atomic E-state index is 11.0. The summed E-state index contributed by atoms with van der Waals surface area (Å²) in [6.45, 7) is 5.68. The van der Waals surface area contributed by atoms with Crippen LogP contribution in [0, 0.1) is 0 Å². The molecule has 0 fully saturated rings. The van der Waals surface area contributed by atoms with Crippen LogP contribution >= 0.6 is 0 Å². The Morgan fingerprint density at radius 1 is 1.33 bits per heavy atom. The van der Waals surface area contributed by atoms with Crippen LogP contribution in [0.4, 0.5) is 0 Å². The number of esters is 1. The average Bonchev–Trinajstić information content (AvgIpc) is 2.26. The minimum Gasteiger partial charge on any atom is -0.466 e. The summed E-state index contributed by atoms with van der Waals surface area (Å²) in [7, 11) is 1.29. The lowest BCUT2D eigenvalue weighted by atomic mass is 10.0. The number of carbonyl (C=O) groups excluding carboxylic acids is 1. The standard InChI is InChI=1S/C12H22O3/c1-4-5-6-7-8-9-11(13)10(2)12(14)15-3/h11,13H,2,4-9H2,1,3H3/t11-/m1/s1. The zero-order valence-corrected chi connectivity index (χ0v) is 9.79. The molecule has 0 bridgehead atoms. The van der Waals surface area contributed by atoms with Crippen molar-refractivity contribution in [3.05, 3.63) is 12.2 Å². The van der Waals surface area contributed by atoms with E-state index in [1.165, 1.54) is 26.4 Å². The highest BCUT2D eigenvalue weighted by molar-refractivity contribution is 5.88. The number of carbonyl (C=O) groups is 1. The van der Waals surface area contributed by atoms with Crippen molar-refractivity contribution >= 4 is 5.97 Å². The average molecular weight is 214 g/mol. The zero-order valence-electron chi connectivity index (χ0n) is 9.79. The summed E-state index contributed by atoms with van der Waals surface area (Å²) in [5, 5.41) is 9.58. The van der Waals surface area contributed by atoms with Gasteiger partial charge in [0.2, 0.25) is 0 Å². The van der Waals surface area contributed by atoms with Crippen molar-refractivity contribution in [3.8, 4) is 0 Å². The zero-order chi connectivity index (χ0) is 11.7. The quantitative estimate of drug-likeness (QED) is 0.383. The maximum atomic E-state index is 11.0. The van der Waals surface area contributed by atoms with Crippen molar-refractivity contribution in [2.24, 2.45) is 0 Å². The fraction of sp³-hybridized carbons (Fsp3) is 0.750. The van der Waals surface area contributed by atoms with Crippen LogP contribution in [0.2, 0.25) is 0 Å². The Hall–Kier alpha value is -0.830. The van der Waals surface area contributed by atoms with Crippen LogP contribution in [0.15, 0.2) is 12.2 Å². The van der Waals surface area contributed by atoms with E-state index in [0.29, 0.717) is 6.42 Å². The van der Waals surface area contributed by atoms with E-state index < -0.39 is 12.1 Å². The third kappa shape index (κ3) is 6.28. The number of hydrogen-bond donors (Lipinski definition) is 1. The fourth-order valence-corrected chi connectivity index (χ4v) is 1.38. The molecule has 0 aromatic carbocycles. The number of aliphatic hydroxyl groups is 1. The molecule has 3 nitrogen and oxygen atoms in total. The van der Waals surface area contributed by atoms with Crippen LogP contribution in [0.25, 0.3) is 0 Å². The SMILES string of the molecule is C=C(C(=O)OC)[C@H](O)CCCCCCC. The number of methoxy groups -OCH3 is 1. The van der Waals surface area contributed by atoms with Gasteiger partial charge in [-0.1, -0.05) is 45.6 Å². The molecular formula is C12H22O3. The van der Waals surface area contributed by atoms with Gasteiger partial charge >= 0.3 is 5.97 Å². The van der Waals surface area contributed by atoms with Gasteiger partial charge in [-0.15, -0.1) is 0 Å². The van der Waals surface area contributed by atoms with E-state index in [1.54, 1.807) is 0 Å². The highest BCUT2D eigenvalue weighted by Gasteiger charge is 2.15. The number of aliphatic hydroxyl groups excluding tert-OH is 1. The van der Waals surface area contributed by atoms with Crippen molar-refractivity contribution in [1.29, 1.82) is 0 Å². The third-order valence-corrected chi connectivity index (χ3v) is 2.43. The first-order valence-electron chi connectivity index (χ1n) is 5.58. The number of rotatable bonds is 8. The summed E-state index contributed by atoms with van der Waals surface area (Å²) < 4.78 is 4.48. The second kappa shape index (κ2) is 8.48. The molecule has 0 heterocycles. The minimum absolute atomic E-state index is 0.160. The van der Waals surface area contributed by atoms with Crippen LogP contribution in [0.1, 0.15) is 45.4 Å². The topological polar surface area (TPSA) is 46.5 Å². The predicted octanol–water partition coefficient (Wildman–Crippen LogP) is 2.44. The molecule has 15 heavy (non-hydrogen) atoms. The second-order valence-corrected chi connectivity index (χ2v) is 3.74. The molecule has 3 heteroatoms. The lowest BCUT2D eigenvalue weighted by Gasteiger charge is -2.11. The molecule has 0 aromatic rings. The van der Waals surface area contributed by atoms with Crippen molar-refractivity contribution in [3.63, 3.8) is 0 Å². The molecule has 0 radical (unpaired) electrons. The molecule has 0 saturated carbocycles. The summed E-state index contributed by atoms with van der Waals surface area (Å²) in [5.41, 5.74) is 0.160. The lowest BCUT2D eigenvalue weighted by Crippen LogP contribution is -2.18. The molecule has 0 aromatic heterocycles. The number of unbranched alkanes of at least 4 members (excludes halogenated alkanes) is 4. The Kier molecular flexibility index (Phi) is 8.01. The minimum atomic E-state index is -0.751. The number of ether oxygens (including phenoxy) is 1. The van der Waals surface area contributed by atoms with Gasteiger partial charge in [-0.25, -0.2) is 4.79 Å². The normalized spacial score (nSPS) is 12.2. The maximum Gasteiger partial charge on any atom is 0.335 e. The highest BCUT2D eigenvalue weighted by atomic mass is 16.5. The molecular weight excluding hydrogens is 192 g/mol. The molecule has 1 N–H and O–H groups in total. The highest BCUT2D eigenvalue weighted by Crippen LogP contribution is 2.12. The molecule has 0 amide bonds. The molecule has 1 atom stereocenters. The van der Waals surface area contributed by atoms with Gasteiger partial charge < -0.3 is 9.84 Å². The molecule has 0 unspecified atom stereocenters. The smallest absolute Gasteiger partial charge is 0.335 e. The van der Waals surface area contributed by atoms with Gasteiger partial charge in [-0.05, 0) is 6.42 Å². The summed E-state index contributed by atoms with van der Waals surface area (Å²) in [5.74, 6) is -0.518. The van der Waals surface area contributed by atoms with E-state index in [1.807, 2.05) is 0 Å². The van der Waals surface area contributed by atoms with E-state index in [0.717, 1.165) is 12.8 Å². The van der Waals surface area contributed by atoms with Gasteiger partial charge in [-0.3, -0.25) is 0 Å². The Labute approximate surface area is 92.1 Å².